The summed E-state index contributed by atoms with van der Waals surface area (Å²) in [5, 5.41) is 7.39. The number of ether oxygens (including phenoxy) is 1. The molecule has 2 heterocycles. The molecule has 4 rings (SSSR count). The Morgan fingerprint density at radius 2 is 2.40 bits per heavy atom. The molecular formula is C14H14N4O2. The summed E-state index contributed by atoms with van der Waals surface area (Å²) in [4.78, 5) is 11.1. The van der Waals surface area contributed by atoms with E-state index in [0.29, 0.717) is 12.3 Å². The summed E-state index contributed by atoms with van der Waals surface area (Å²) >= 11 is 0. The quantitative estimate of drug-likeness (QED) is 0.815. The Labute approximate surface area is 115 Å². The van der Waals surface area contributed by atoms with Gasteiger partial charge in [-0.05, 0) is 29.4 Å². The molecule has 1 saturated heterocycles. The fourth-order valence-electron chi connectivity index (χ4n) is 2.94. The van der Waals surface area contributed by atoms with Gasteiger partial charge in [0.05, 0.1) is 24.2 Å². The van der Waals surface area contributed by atoms with Gasteiger partial charge in [-0.1, -0.05) is 0 Å². The molecule has 3 N–H and O–H groups in total. The summed E-state index contributed by atoms with van der Waals surface area (Å²) in [7, 11) is 0. The van der Waals surface area contributed by atoms with Crippen molar-refractivity contribution in [2.45, 2.75) is 12.0 Å². The van der Waals surface area contributed by atoms with Crippen molar-refractivity contribution in [2.75, 3.05) is 13.3 Å². The first-order valence-electron chi connectivity index (χ1n) is 6.50. The van der Waals surface area contributed by atoms with E-state index in [1.165, 1.54) is 17.3 Å². The zero-order valence-electron chi connectivity index (χ0n) is 10.8. The van der Waals surface area contributed by atoms with E-state index in [2.05, 4.69) is 28.6 Å². The number of hydrogen-bond donors (Lipinski definition) is 2. The van der Waals surface area contributed by atoms with Crippen molar-refractivity contribution in [3.8, 4) is 0 Å². The summed E-state index contributed by atoms with van der Waals surface area (Å²) in [6.45, 7) is 1.46. The van der Waals surface area contributed by atoms with Gasteiger partial charge in [-0.25, -0.2) is 4.68 Å². The van der Waals surface area contributed by atoms with E-state index in [1.54, 1.807) is 10.9 Å². The molecule has 1 spiro atoms. The van der Waals surface area contributed by atoms with Crippen LogP contribution in [0.15, 0.2) is 41.8 Å². The Hall–Kier alpha value is -2.18. The smallest absolute Gasteiger partial charge is 0.251 e. The van der Waals surface area contributed by atoms with E-state index >= 15 is 0 Å². The fraction of sp³-hybridized carbons (Fsp3) is 0.286. The van der Waals surface area contributed by atoms with Gasteiger partial charge < -0.3 is 10.5 Å². The third-order valence-corrected chi connectivity index (χ3v) is 3.92. The van der Waals surface area contributed by atoms with Crippen molar-refractivity contribution in [1.82, 2.24) is 15.1 Å². The number of amides is 1. The Kier molecular flexibility index (Phi) is 2.27. The number of hydrogen-bond acceptors (Lipinski definition) is 4. The van der Waals surface area contributed by atoms with Gasteiger partial charge in [-0.2, -0.15) is 5.10 Å². The molecule has 20 heavy (non-hydrogen) atoms. The van der Waals surface area contributed by atoms with Crippen LogP contribution in [0, 0.1) is 0 Å². The average Bonchev–Trinajstić information content (AvgIpc) is 3.13. The van der Waals surface area contributed by atoms with Crippen LogP contribution in [0.3, 0.4) is 0 Å². The number of carbonyl (C=O) groups excluding carboxylic acids is 1. The molecule has 1 aliphatic heterocycles. The van der Waals surface area contributed by atoms with E-state index in [-0.39, 0.29) is 5.60 Å². The van der Waals surface area contributed by atoms with Crippen molar-refractivity contribution in [3.05, 3.63) is 47.3 Å². The van der Waals surface area contributed by atoms with Crippen molar-refractivity contribution < 1.29 is 9.53 Å². The van der Waals surface area contributed by atoms with Crippen LogP contribution in [0.1, 0.15) is 16.8 Å². The summed E-state index contributed by atoms with van der Waals surface area (Å²) in [5.41, 5.74) is 8.85. The number of fused-ring (bicyclic) bond motifs is 1. The largest absolute Gasteiger partial charge is 0.366 e. The zero-order chi connectivity index (χ0) is 13.7. The lowest BCUT2D eigenvalue weighted by atomic mass is 10.0. The predicted octanol–water partition coefficient (Wildman–Crippen LogP) is 0.409. The highest BCUT2D eigenvalue weighted by atomic mass is 16.5. The highest BCUT2D eigenvalue weighted by Crippen LogP contribution is 2.42. The first-order valence-corrected chi connectivity index (χ1v) is 6.50. The van der Waals surface area contributed by atoms with Gasteiger partial charge in [0.15, 0.2) is 0 Å². The molecule has 6 nitrogen and oxygen atoms in total. The van der Waals surface area contributed by atoms with E-state index in [9.17, 15) is 4.79 Å². The second kappa shape index (κ2) is 3.91. The van der Waals surface area contributed by atoms with E-state index < -0.39 is 5.91 Å². The predicted molar refractivity (Wildman–Crippen MR) is 72.5 cm³/mol. The molecule has 3 aliphatic rings. The Balaban J connectivity index is 1.65. The molecule has 1 amide bonds. The molecule has 102 valence electrons. The Bertz CT molecular complexity index is 690. The van der Waals surface area contributed by atoms with E-state index in [1.807, 2.05) is 0 Å². The van der Waals surface area contributed by atoms with Crippen LogP contribution in [-0.4, -0.2) is 34.6 Å². The van der Waals surface area contributed by atoms with Crippen molar-refractivity contribution in [2.24, 2.45) is 5.73 Å². The monoisotopic (exact) mass is 270 g/mol. The topological polar surface area (TPSA) is 82.2 Å². The third kappa shape index (κ3) is 1.65. The third-order valence-electron chi connectivity index (χ3n) is 3.92. The molecule has 6 heteroatoms. The number of aromatic nitrogens is 2. The maximum Gasteiger partial charge on any atom is 0.251 e. The molecular weight excluding hydrogens is 256 g/mol. The van der Waals surface area contributed by atoms with Gasteiger partial charge in [0.2, 0.25) is 0 Å². The maximum absolute atomic E-state index is 11.1. The highest BCUT2D eigenvalue weighted by molar-refractivity contribution is 5.92. The molecule has 1 unspecified atom stereocenters. The van der Waals surface area contributed by atoms with Crippen molar-refractivity contribution >= 4 is 11.6 Å². The number of primary amides is 1. The van der Waals surface area contributed by atoms with E-state index in [4.69, 9.17) is 10.5 Å². The second-order valence-electron chi connectivity index (χ2n) is 5.33. The minimum Gasteiger partial charge on any atom is -0.366 e. The Morgan fingerprint density at radius 1 is 1.50 bits per heavy atom. The van der Waals surface area contributed by atoms with Crippen LogP contribution >= 0.6 is 0 Å². The number of rotatable bonds is 2. The second-order valence-corrected chi connectivity index (χ2v) is 5.33. The van der Waals surface area contributed by atoms with Crippen molar-refractivity contribution in [1.29, 1.82) is 0 Å². The van der Waals surface area contributed by atoms with Crippen LogP contribution < -0.4 is 11.1 Å². The van der Waals surface area contributed by atoms with Crippen LogP contribution in [0.4, 0.5) is 0 Å². The normalized spacial score (nSPS) is 27.5. The molecule has 0 bridgehead atoms. The summed E-state index contributed by atoms with van der Waals surface area (Å²) in [6.07, 6.45) is 10.3. The SMILES string of the molecule is NC(=O)c1cnn(C2=CC3=CC4(CNCO4)CC3=C2)c1. The molecule has 0 radical (unpaired) electrons. The fourth-order valence-corrected chi connectivity index (χ4v) is 2.94. The van der Waals surface area contributed by atoms with Gasteiger partial charge >= 0.3 is 0 Å². The lowest BCUT2D eigenvalue weighted by Crippen LogP contribution is -2.28. The van der Waals surface area contributed by atoms with Crippen molar-refractivity contribution in [3.63, 3.8) is 0 Å². The highest BCUT2D eigenvalue weighted by Gasteiger charge is 2.40. The number of carbonyl (C=O) groups is 1. The van der Waals surface area contributed by atoms with Crippen LogP contribution in [-0.2, 0) is 4.74 Å². The number of nitrogens with two attached hydrogens (primary N) is 1. The molecule has 1 aromatic rings. The molecule has 1 fully saturated rings. The summed E-state index contributed by atoms with van der Waals surface area (Å²) in [6, 6.07) is 0. The van der Waals surface area contributed by atoms with Gasteiger partial charge in [0.25, 0.3) is 5.91 Å². The van der Waals surface area contributed by atoms with Crippen LogP contribution in [0.25, 0.3) is 5.70 Å². The minimum atomic E-state index is -0.466. The molecule has 1 aromatic heterocycles. The lowest BCUT2D eigenvalue weighted by Gasteiger charge is -2.18. The van der Waals surface area contributed by atoms with Crippen LogP contribution in [0.5, 0.6) is 0 Å². The van der Waals surface area contributed by atoms with Gasteiger partial charge in [0, 0.05) is 19.2 Å². The number of allylic oxidation sites excluding steroid dienone is 4. The van der Waals surface area contributed by atoms with Crippen LogP contribution in [0.2, 0.25) is 0 Å². The number of nitrogens with one attached hydrogen (secondary N) is 1. The number of nitrogens with zero attached hydrogens (tertiary/aromatic N) is 2. The standard InChI is InChI=1S/C14H14N4O2/c15-13(19)11-5-17-18(6-11)12-1-9-3-14(4-10(9)2-12)7-16-8-20-14/h1-3,5-6,16H,4,7-8H2,(H2,15,19). The summed E-state index contributed by atoms with van der Waals surface area (Å²) in [5.74, 6) is -0.466. The van der Waals surface area contributed by atoms with E-state index in [0.717, 1.165) is 18.7 Å². The molecule has 2 aliphatic carbocycles. The zero-order valence-corrected chi connectivity index (χ0v) is 10.8. The maximum atomic E-state index is 11.1. The lowest BCUT2D eigenvalue weighted by molar-refractivity contribution is 0.0561. The molecule has 0 aromatic carbocycles. The molecule has 0 saturated carbocycles. The molecule has 1 atom stereocenters. The first-order chi connectivity index (χ1) is 9.65. The minimum absolute atomic E-state index is 0.175. The van der Waals surface area contributed by atoms with Gasteiger partial charge in [0.1, 0.15) is 5.60 Å². The average molecular weight is 270 g/mol. The Morgan fingerprint density at radius 3 is 3.05 bits per heavy atom. The van der Waals surface area contributed by atoms with Gasteiger partial charge in [-0.15, -0.1) is 0 Å². The summed E-state index contributed by atoms with van der Waals surface area (Å²) < 4.78 is 7.45. The van der Waals surface area contributed by atoms with Gasteiger partial charge in [-0.3, -0.25) is 10.1 Å². The first kappa shape index (κ1) is 11.6.